The maximum atomic E-state index is 13.9. The van der Waals surface area contributed by atoms with Gasteiger partial charge in [0.1, 0.15) is 23.8 Å². The minimum atomic E-state index is -1.22. The van der Waals surface area contributed by atoms with E-state index in [2.05, 4.69) is 31.6 Å². The molecule has 3 unspecified atom stereocenters. The summed E-state index contributed by atoms with van der Waals surface area (Å²) in [6, 6.07) is 5.73. The van der Waals surface area contributed by atoms with Crippen LogP contribution in [0.4, 0.5) is 0 Å². The number of carbonyl (C=O) groups excluding carboxylic acids is 3. The number of benzene rings is 1. The monoisotopic (exact) mass is 563 g/mol. The highest BCUT2D eigenvalue weighted by atomic mass is 79.9. The molecule has 7 atom stereocenters. The molecule has 11 nitrogen and oxygen atoms in total. The second-order valence-corrected chi connectivity index (χ2v) is 11.1. The third kappa shape index (κ3) is 3.64. The predicted molar refractivity (Wildman–Crippen MR) is 131 cm³/mol. The largest absolute Gasteiger partial charge is 0.466 e. The van der Waals surface area contributed by atoms with Gasteiger partial charge in [0.15, 0.2) is 0 Å². The molecule has 1 spiro atoms. The molecule has 0 saturated carbocycles. The minimum Gasteiger partial charge on any atom is -0.466 e. The SMILES string of the molecule is CCOC(=O)[C@H]1[C@H]2C(=O)N([C@@H](CO)C(C)C)C(C(=O)NCn3nnc4ccccc43)C23CC(Br)[C@@H]1O3. The molecular weight excluding hydrogens is 534 g/mol. The first-order valence-electron chi connectivity index (χ1n) is 12.2. The van der Waals surface area contributed by atoms with Crippen molar-refractivity contribution in [3.63, 3.8) is 0 Å². The zero-order chi connectivity index (χ0) is 25.8. The van der Waals surface area contributed by atoms with E-state index in [0.717, 1.165) is 5.52 Å². The molecule has 5 rings (SSSR count). The normalized spacial score (nSPS) is 31.8. The fraction of sp³-hybridized carbons (Fsp3) is 0.625. The Hall–Kier alpha value is -2.57. The summed E-state index contributed by atoms with van der Waals surface area (Å²) in [4.78, 5) is 42.0. The number of nitrogens with zero attached hydrogens (tertiary/aromatic N) is 4. The molecule has 0 aliphatic carbocycles. The van der Waals surface area contributed by atoms with E-state index in [1.54, 1.807) is 11.6 Å². The Balaban J connectivity index is 1.51. The average Bonchev–Trinajstić information content (AvgIpc) is 3.56. The number of carbonyl (C=O) groups is 3. The number of esters is 1. The number of aromatic nitrogens is 3. The van der Waals surface area contributed by atoms with E-state index in [4.69, 9.17) is 9.47 Å². The number of nitrogens with one attached hydrogen (secondary N) is 1. The van der Waals surface area contributed by atoms with E-state index >= 15 is 0 Å². The van der Waals surface area contributed by atoms with E-state index in [-0.39, 0.29) is 36.5 Å². The first kappa shape index (κ1) is 25.1. The zero-order valence-corrected chi connectivity index (χ0v) is 21.9. The first-order chi connectivity index (χ1) is 17.2. The molecule has 4 heterocycles. The smallest absolute Gasteiger partial charge is 0.312 e. The summed E-state index contributed by atoms with van der Waals surface area (Å²) in [5.41, 5.74) is 0.231. The molecule has 36 heavy (non-hydrogen) atoms. The first-order valence-corrected chi connectivity index (χ1v) is 13.1. The van der Waals surface area contributed by atoms with Gasteiger partial charge in [0.05, 0.1) is 42.7 Å². The van der Waals surface area contributed by atoms with Crippen LogP contribution in [0.5, 0.6) is 0 Å². The second-order valence-electron chi connectivity index (χ2n) is 9.93. The summed E-state index contributed by atoms with van der Waals surface area (Å²) < 4.78 is 13.3. The van der Waals surface area contributed by atoms with Crippen LogP contribution in [0.15, 0.2) is 24.3 Å². The molecule has 3 saturated heterocycles. The molecule has 0 radical (unpaired) electrons. The van der Waals surface area contributed by atoms with Gasteiger partial charge in [-0.05, 0) is 31.4 Å². The number of ether oxygens (including phenoxy) is 2. The van der Waals surface area contributed by atoms with Crippen molar-refractivity contribution in [2.24, 2.45) is 17.8 Å². The van der Waals surface area contributed by atoms with Crippen LogP contribution in [0, 0.1) is 17.8 Å². The van der Waals surface area contributed by atoms with Gasteiger partial charge in [-0.2, -0.15) is 0 Å². The fourth-order valence-electron chi connectivity index (χ4n) is 6.14. The van der Waals surface area contributed by atoms with Crippen molar-refractivity contribution < 1.29 is 29.0 Å². The molecule has 2 amide bonds. The van der Waals surface area contributed by atoms with Crippen molar-refractivity contribution in [1.29, 1.82) is 0 Å². The number of hydrogen-bond acceptors (Lipinski definition) is 8. The molecule has 194 valence electrons. The van der Waals surface area contributed by atoms with Gasteiger partial charge in [-0.1, -0.05) is 47.1 Å². The lowest BCUT2D eigenvalue weighted by Gasteiger charge is -2.38. The van der Waals surface area contributed by atoms with Crippen LogP contribution in [0.25, 0.3) is 11.0 Å². The quantitative estimate of drug-likeness (QED) is 0.356. The Morgan fingerprint density at radius 1 is 1.36 bits per heavy atom. The number of aliphatic hydroxyl groups is 1. The number of halogens is 1. The van der Waals surface area contributed by atoms with Crippen LogP contribution in [0.1, 0.15) is 27.2 Å². The summed E-state index contributed by atoms with van der Waals surface area (Å²) >= 11 is 3.62. The van der Waals surface area contributed by atoms with E-state index in [1.165, 1.54) is 4.90 Å². The van der Waals surface area contributed by atoms with E-state index in [0.29, 0.717) is 11.9 Å². The van der Waals surface area contributed by atoms with Gasteiger partial charge in [-0.15, -0.1) is 5.10 Å². The fourth-order valence-corrected chi connectivity index (χ4v) is 7.08. The Labute approximate surface area is 216 Å². The summed E-state index contributed by atoms with van der Waals surface area (Å²) in [5.74, 6) is -3.15. The Kier molecular flexibility index (Phi) is 6.54. The number of amides is 2. The van der Waals surface area contributed by atoms with Crippen molar-refractivity contribution in [3.05, 3.63) is 24.3 Å². The summed E-state index contributed by atoms with van der Waals surface area (Å²) in [6.07, 6.45) is -0.206. The summed E-state index contributed by atoms with van der Waals surface area (Å²) in [7, 11) is 0. The highest BCUT2D eigenvalue weighted by molar-refractivity contribution is 9.09. The standard InChI is InChI=1S/C24H30BrN5O6/c1-4-35-23(34)17-18-22(33)30(16(10-31)12(2)3)20(24(18)9-13(25)19(17)36-24)21(32)26-11-29-15-8-6-5-7-14(15)27-28-29/h5-8,12-13,16-20,31H,4,9-11H2,1-3H3,(H,26,32)/t13?,16-,17-,18-,19-,20?,24?/m0/s1. The minimum absolute atomic E-state index is 0.0343. The molecular formula is C24H30BrN5O6. The van der Waals surface area contributed by atoms with E-state index in [1.807, 2.05) is 38.1 Å². The topological polar surface area (TPSA) is 136 Å². The van der Waals surface area contributed by atoms with Crippen LogP contribution < -0.4 is 5.32 Å². The molecule has 3 aliphatic heterocycles. The van der Waals surface area contributed by atoms with E-state index < -0.39 is 47.5 Å². The van der Waals surface area contributed by atoms with Crippen molar-refractivity contribution in [1.82, 2.24) is 25.2 Å². The molecule has 2 bridgehead atoms. The lowest BCUT2D eigenvalue weighted by atomic mass is 9.70. The van der Waals surface area contributed by atoms with Crippen LogP contribution >= 0.6 is 15.9 Å². The van der Waals surface area contributed by atoms with E-state index in [9.17, 15) is 19.5 Å². The number of rotatable bonds is 8. The van der Waals surface area contributed by atoms with Gasteiger partial charge in [-0.3, -0.25) is 14.4 Å². The summed E-state index contributed by atoms with van der Waals surface area (Å²) in [5, 5.41) is 21.4. The number of aliphatic hydroxyl groups excluding tert-OH is 1. The van der Waals surface area contributed by atoms with Crippen molar-refractivity contribution in [3.8, 4) is 0 Å². The highest BCUT2D eigenvalue weighted by Gasteiger charge is 2.77. The molecule has 12 heteroatoms. The molecule has 3 fully saturated rings. The van der Waals surface area contributed by atoms with Gasteiger partial charge < -0.3 is 24.8 Å². The number of likely N-dealkylation sites (tertiary alicyclic amines) is 1. The lowest BCUT2D eigenvalue weighted by molar-refractivity contribution is -0.155. The van der Waals surface area contributed by atoms with Gasteiger partial charge in [-0.25, -0.2) is 4.68 Å². The maximum absolute atomic E-state index is 13.9. The molecule has 3 aliphatic rings. The molecule has 1 aromatic carbocycles. The van der Waals surface area contributed by atoms with Gasteiger partial charge in [0.2, 0.25) is 11.8 Å². The maximum Gasteiger partial charge on any atom is 0.312 e. The Morgan fingerprint density at radius 3 is 2.81 bits per heavy atom. The highest BCUT2D eigenvalue weighted by Crippen LogP contribution is 2.60. The van der Waals surface area contributed by atoms with Crippen molar-refractivity contribution >= 4 is 44.7 Å². The average molecular weight is 564 g/mol. The summed E-state index contributed by atoms with van der Waals surface area (Å²) in [6.45, 7) is 5.35. The number of alkyl halides is 1. The molecule has 2 aromatic rings. The second kappa shape index (κ2) is 9.38. The zero-order valence-electron chi connectivity index (χ0n) is 20.3. The number of fused-ring (bicyclic) bond motifs is 2. The van der Waals surface area contributed by atoms with Gasteiger partial charge >= 0.3 is 5.97 Å². The van der Waals surface area contributed by atoms with Crippen LogP contribution in [-0.4, -0.2) is 84.6 Å². The third-order valence-electron chi connectivity index (χ3n) is 7.67. The lowest BCUT2D eigenvalue weighted by Crippen LogP contribution is -2.59. The van der Waals surface area contributed by atoms with Crippen molar-refractivity contribution in [2.75, 3.05) is 13.2 Å². The predicted octanol–water partition coefficient (Wildman–Crippen LogP) is 0.833. The van der Waals surface area contributed by atoms with Crippen molar-refractivity contribution in [2.45, 2.75) is 62.5 Å². The third-order valence-corrected chi connectivity index (χ3v) is 8.52. The van der Waals surface area contributed by atoms with Crippen LogP contribution in [0.2, 0.25) is 0 Å². The van der Waals surface area contributed by atoms with Gasteiger partial charge in [0, 0.05) is 4.83 Å². The Bertz CT molecular complexity index is 1190. The number of para-hydroxylation sites is 1. The molecule has 2 N–H and O–H groups in total. The Morgan fingerprint density at radius 2 is 2.11 bits per heavy atom. The van der Waals surface area contributed by atoms with Crippen LogP contribution in [-0.2, 0) is 30.5 Å². The molecule has 1 aromatic heterocycles. The van der Waals surface area contributed by atoms with Gasteiger partial charge in [0.25, 0.3) is 0 Å². The number of hydrogen-bond donors (Lipinski definition) is 2. The van der Waals surface area contributed by atoms with Crippen LogP contribution in [0.3, 0.4) is 0 Å².